The van der Waals surface area contributed by atoms with Crippen LogP contribution in [0.4, 0.5) is 0 Å². The molecule has 3 heterocycles. The van der Waals surface area contributed by atoms with Crippen LogP contribution in [-0.4, -0.2) is 40.4 Å². The normalized spacial score (nSPS) is 18.4. The molecular weight excluding hydrogens is 268 g/mol. The monoisotopic (exact) mass is 286 g/mol. The summed E-state index contributed by atoms with van der Waals surface area (Å²) in [5.74, 6) is 0.318. The van der Waals surface area contributed by atoms with Crippen molar-refractivity contribution < 1.29 is 9.53 Å². The van der Waals surface area contributed by atoms with Gasteiger partial charge in [-0.25, -0.2) is 4.68 Å². The first-order chi connectivity index (χ1) is 10.3. The first-order valence-corrected chi connectivity index (χ1v) is 7.14. The maximum atomic E-state index is 12.1. The van der Waals surface area contributed by atoms with Gasteiger partial charge in [-0.2, -0.15) is 5.10 Å². The van der Waals surface area contributed by atoms with E-state index in [1.54, 1.807) is 29.5 Å². The van der Waals surface area contributed by atoms with Gasteiger partial charge in [0.2, 0.25) is 0 Å². The summed E-state index contributed by atoms with van der Waals surface area (Å²) >= 11 is 0. The van der Waals surface area contributed by atoms with Crippen molar-refractivity contribution in [2.45, 2.75) is 12.8 Å². The van der Waals surface area contributed by atoms with Crippen LogP contribution in [0.1, 0.15) is 23.2 Å². The van der Waals surface area contributed by atoms with E-state index in [2.05, 4.69) is 15.4 Å². The first kappa shape index (κ1) is 13.8. The third-order valence-electron chi connectivity index (χ3n) is 3.58. The summed E-state index contributed by atoms with van der Waals surface area (Å²) in [4.78, 5) is 16.1. The van der Waals surface area contributed by atoms with E-state index < -0.39 is 0 Å². The molecule has 0 bridgehead atoms. The van der Waals surface area contributed by atoms with Crippen molar-refractivity contribution in [2.24, 2.45) is 5.92 Å². The van der Waals surface area contributed by atoms with E-state index >= 15 is 0 Å². The summed E-state index contributed by atoms with van der Waals surface area (Å²) in [5, 5.41) is 7.15. The summed E-state index contributed by atoms with van der Waals surface area (Å²) in [6.07, 6.45) is 8.87. The topological polar surface area (TPSA) is 69.0 Å². The second-order valence-corrected chi connectivity index (χ2v) is 5.17. The molecule has 21 heavy (non-hydrogen) atoms. The van der Waals surface area contributed by atoms with Crippen LogP contribution in [0, 0.1) is 5.92 Å². The molecule has 0 spiro atoms. The lowest BCUT2D eigenvalue weighted by Gasteiger charge is -2.21. The standard InChI is InChI=1S/C15H18N4O2/c20-15(17-8-12-2-1-7-21-11-12)13-9-18-19(10-13)14-3-5-16-6-4-14/h3-6,9-10,12H,1-2,7-8,11H2,(H,17,20). The van der Waals surface area contributed by atoms with Gasteiger partial charge in [0.15, 0.2) is 0 Å². The Morgan fingerprint density at radius 3 is 3.05 bits per heavy atom. The average Bonchev–Trinajstić information content (AvgIpc) is 3.04. The molecule has 3 rings (SSSR count). The molecule has 0 saturated carbocycles. The van der Waals surface area contributed by atoms with Crippen molar-refractivity contribution in [3.8, 4) is 5.69 Å². The smallest absolute Gasteiger partial charge is 0.254 e. The summed E-state index contributed by atoms with van der Waals surface area (Å²) in [5.41, 5.74) is 1.44. The number of amides is 1. The number of carbonyl (C=O) groups excluding carboxylic acids is 1. The van der Waals surface area contributed by atoms with Gasteiger partial charge in [0.1, 0.15) is 0 Å². The Bertz CT molecular complexity index is 591. The molecule has 1 amide bonds. The highest BCUT2D eigenvalue weighted by Gasteiger charge is 2.16. The van der Waals surface area contributed by atoms with E-state index in [0.717, 1.165) is 31.7 Å². The molecule has 110 valence electrons. The Balaban J connectivity index is 1.59. The number of carbonyl (C=O) groups is 1. The van der Waals surface area contributed by atoms with Gasteiger partial charge in [0.05, 0.1) is 24.1 Å². The minimum Gasteiger partial charge on any atom is -0.381 e. The molecule has 6 heteroatoms. The molecule has 0 radical (unpaired) electrons. The Morgan fingerprint density at radius 1 is 1.43 bits per heavy atom. The zero-order chi connectivity index (χ0) is 14.5. The number of ether oxygens (including phenoxy) is 1. The summed E-state index contributed by atoms with van der Waals surface area (Å²) in [6.45, 7) is 2.22. The van der Waals surface area contributed by atoms with Gasteiger partial charge in [-0.1, -0.05) is 0 Å². The minimum atomic E-state index is -0.0964. The van der Waals surface area contributed by atoms with Crippen LogP contribution in [-0.2, 0) is 4.74 Å². The van der Waals surface area contributed by atoms with E-state index in [-0.39, 0.29) is 5.91 Å². The molecule has 1 unspecified atom stereocenters. The number of nitrogens with zero attached hydrogens (tertiary/aromatic N) is 3. The van der Waals surface area contributed by atoms with Crippen LogP contribution in [0.15, 0.2) is 36.9 Å². The molecule has 1 fully saturated rings. The number of nitrogens with one attached hydrogen (secondary N) is 1. The highest BCUT2D eigenvalue weighted by Crippen LogP contribution is 2.12. The van der Waals surface area contributed by atoms with Crippen molar-refractivity contribution in [2.75, 3.05) is 19.8 Å². The van der Waals surface area contributed by atoms with Crippen LogP contribution in [0.2, 0.25) is 0 Å². The summed E-state index contributed by atoms with van der Waals surface area (Å²) in [7, 11) is 0. The van der Waals surface area contributed by atoms with E-state index in [0.29, 0.717) is 18.0 Å². The summed E-state index contributed by atoms with van der Waals surface area (Å²) < 4.78 is 7.08. The second kappa shape index (κ2) is 6.49. The molecule has 2 aromatic heterocycles. The molecule has 1 N–H and O–H groups in total. The Kier molecular flexibility index (Phi) is 4.25. The van der Waals surface area contributed by atoms with Crippen LogP contribution < -0.4 is 5.32 Å². The van der Waals surface area contributed by atoms with Crippen LogP contribution in [0.3, 0.4) is 0 Å². The third-order valence-corrected chi connectivity index (χ3v) is 3.58. The average molecular weight is 286 g/mol. The van der Waals surface area contributed by atoms with E-state index in [9.17, 15) is 4.79 Å². The van der Waals surface area contributed by atoms with Gasteiger partial charge in [0.25, 0.3) is 5.91 Å². The predicted molar refractivity (Wildman–Crippen MR) is 77.2 cm³/mol. The molecule has 2 aromatic rings. The lowest BCUT2D eigenvalue weighted by molar-refractivity contribution is 0.0536. The van der Waals surface area contributed by atoms with Crippen molar-refractivity contribution >= 4 is 5.91 Å². The van der Waals surface area contributed by atoms with Gasteiger partial charge in [-0.05, 0) is 30.9 Å². The molecule has 0 aromatic carbocycles. The zero-order valence-corrected chi connectivity index (χ0v) is 11.7. The van der Waals surface area contributed by atoms with Crippen molar-refractivity contribution in [3.05, 3.63) is 42.5 Å². The van der Waals surface area contributed by atoms with Crippen LogP contribution in [0.25, 0.3) is 5.69 Å². The lowest BCUT2D eigenvalue weighted by atomic mass is 10.0. The van der Waals surface area contributed by atoms with Crippen molar-refractivity contribution in [1.29, 1.82) is 0 Å². The lowest BCUT2D eigenvalue weighted by Crippen LogP contribution is -2.33. The zero-order valence-electron chi connectivity index (χ0n) is 11.7. The van der Waals surface area contributed by atoms with Gasteiger partial charge >= 0.3 is 0 Å². The molecule has 1 atom stereocenters. The van der Waals surface area contributed by atoms with E-state index in [1.165, 1.54) is 0 Å². The first-order valence-electron chi connectivity index (χ1n) is 7.14. The maximum absolute atomic E-state index is 12.1. The van der Waals surface area contributed by atoms with Crippen LogP contribution >= 0.6 is 0 Å². The van der Waals surface area contributed by atoms with E-state index in [4.69, 9.17) is 4.74 Å². The number of hydrogen-bond donors (Lipinski definition) is 1. The van der Waals surface area contributed by atoms with Crippen LogP contribution in [0.5, 0.6) is 0 Å². The quantitative estimate of drug-likeness (QED) is 0.923. The van der Waals surface area contributed by atoms with Gasteiger partial charge < -0.3 is 10.1 Å². The molecule has 1 aliphatic heterocycles. The Morgan fingerprint density at radius 2 is 2.29 bits per heavy atom. The summed E-state index contributed by atoms with van der Waals surface area (Å²) in [6, 6.07) is 3.68. The second-order valence-electron chi connectivity index (χ2n) is 5.17. The molecule has 1 saturated heterocycles. The largest absolute Gasteiger partial charge is 0.381 e. The SMILES string of the molecule is O=C(NCC1CCCOC1)c1cnn(-c2ccncc2)c1. The highest BCUT2D eigenvalue weighted by molar-refractivity contribution is 5.93. The van der Waals surface area contributed by atoms with Gasteiger partial charge in [-0.3, -0.25) is 9.78 Å². The van der Waals surface area contributed by atoms with Crippen molar-refractivity contribution in [1.82, 2.24) is 20.1 Å². The van der Waals surface area contributed by atoms with Crippen molar-refractivity contribution in [3.63, 3.8) is 0 Å². The Labute approximate surface area is 123 Å². The predicted octanol–water partition coefficient (Wildman–Crippen LogP) is 1.42. The molecular formula is C15H18N4O2. The van der Waals surface area contributed by atoms with Gasteiger partial charge in [0, 0.05) is 31.7 Å². The minimum absolute atomic E-state index is 0.0964. The fraction of sp³-hybridized carbons (Fsp3) is 0.400. The Hall–Kier alpha value is -2.21. The number of rotatable bonds is 4. The highest BCUT2D eigenvalue weighted by atomic mass is 16.5. The van der Waals surface area contributed by atoms with E-state index in [1.807, 2.05) is 12.1 Å². The number of aromatic nitrogens is 3. The third kappa shape index (κ3) is 3.46. The molecule has 0 aliphatic carbocycles. The fourth-order valence-corrected chi connectivity index (χ4v) is 2.39. The maximum Gasteiger partial charge on any atom is 0.254 e. The molecule has 6 nitrogen and oxygen atoms in total. The van der Waals surface area contributed by atoms with Gasteiger partial charge in [-0.15, -0.1) is 0 Å². The number of pyridine rings is 1. The number of hydrogen-bond acceptors (Lipinski definition) is 4. The molecule has 1 aliphatic rings. The fourth-order valence-electron chi connectivity index (χ4n) is 2.39.